The molecule has 1 saturated heterocycles. The first kappa shape index (κ1) is 33.1. The van der Waals surface area contributed by atoms with E-state index < -0.39 is 35.7 Å². The Labute approximate surface area is 247 Å². The number of carbonyl (C=O) groups is 3. The lowest BCUT2D eigenvalue weighted by atomic mass is 9.97. The van der Waals surface area contributed by atoms with Crippen LogP contribution in [-0.4, -0.2) is 77.0 Å². The van der Waals surface area contributed by atoms with Crippen LogP contribution in [0.25, 0.3) is 0 Å². The predicted octanol–water partition coefficient (Wildman–Crippen LogP) is 3.20. The third-order valence-electron chi connectivity index (χ3n) is 7.54. The van der Waals surface area contributed by atoms with Crippen molar-refractivity contribution in [2.24, 2.45) is 5.92 Å². The number of amides is 3. The van der Waals surface area contributed by atoms with Gasteiger partial charge in [-0.15, -0.1) is 0 Å². The third kappa shape index (κ3) is 9.32. The number of benzene rings is 2. The number of unbranched alkanes of at least 4 members (excludes halogenated alkanes) is 1. The molecule has 0 aliphatic carbocycles. The average Bonchev–Trinajstić information content (AvgIpc) is 2.93. The van der Waals surface area contributed by atoms with Gasteiger partial charge in [0.05, 0.1) is 12.1 Å². The van der Waals surface area contributed by atoms with Crippen LogP contribution in [0, 0.1) is 17.6 Å². The first-order chi connectivity index (χ1) is 20.0. The summed E-state index contributed by atoms with van der Waals surface area (Å²) in [6.07, 6.45) is 1.41. The molecule has 2 aromatic rings. The lowest BCUT2D eigenvalue weighted by molar-refractivity contribution is -0.159. The standard InChI is InChI=1S/C32H44F2N4O4/c1-5-7-11-38-30(41)20-37(32(42)31(38)21(3)4)19-29(40)36-27(15-24-13-25(33)16-26(34)14-24)28(39)18-35-17-23-10-8-9-22(6-2)12-23/h8-10,12-14,16,21,27-28,31,35,39H,5-7,11,15,17-20H2,1-4H3,(H,36,40)/t27-,28+,31+/m0/s1. The lowest BCUT2D eigenvalue weighted by Gasteiger charge is -2.42. The number of hydrogen-bond acceptors (Lipinski definition) is 5. The van der Waals surface area contributed by atoms with Crippen LogP contribution in [-0.2, 0) is 33.8 Å². The minimum atomic E-state index is -1.11. The molecule has 0 spiro atoms. The number of aliphatic hydroxyl groups is 1. The van der Waals surface area contributed by atoms with E-state index in [1.165, 1.54) is 10.5 Å². The van der Waals surface area contributed by atoms with Gasteiger partial charge in [0.15, 0.2) is 0 Å². The smallest absolute Gasteiger partial charge is 0.246 e. The molecule has 1 aliphatic heterocycles. The Kier molecular flexibility index (Phi) is 12.4. The quantitative estimate of drug-likeness (QED) is 0.298. The minimum Gasteiger partial charge on any atom is -0.390 e. The average molecular weight is 587 g/mol. The normalized spacial score (nSPS) is 17.1. The summed E-state index contributed by atoms with van der Waals surface area (Å²) in [5.41, 5.74) is 2.49. The predicted molar refractivity (Wildman–Crippen MR) is 157 cm³/mol. The summed E-state index contributed by atoms with van der Waals surface area (Å²) >= 11 is 0. The summed E-state index contributed by atoms with van der Waals surface area (Å²) in [5.74, 6) is -2.73. The second kappa shape index (κ2) is 15.7. The van der Waals surface area contributed by atoms with E-state index in [2.05, 4.69) is 23.6 Å². The monoisotopic (exact) mass is 586 g/mol. The molecule has 0 bridgehead atoms. The first-order valence-corrected chi connectivity index (χ1v) is 14.8. The van der Waals surface area contributed by atoms with E-state index in [1.54, 1.807) is 4.90 Å². The number of nitrogens with zero attached hydrogens (tertiary/aromatic N) is 2. The van der Waals surface area contributed by atoms with Crippen LogP contribution in [0.3, 0.4) is 0 Å². The molecule has 1 aliphatic rings. The van der Waals surface area contributed by atoms with Crippen molar-refractivity contribution >= 4 is 17.7 Å². The highest BCUT2D eigenvalue weighted by Gasteiger charge is 2.41. The number of aryl methyl sites for hydroxylation is 1. The van der Waals surface area contributed by atoms with Crippen LogP contribution in [0.4, 0.5) is 8.78 Å². The molecule has 0 unspecified atom stereocenters. The fourth-order valence-corrected chi connectivity index (χ4v) is 5.34. The van der Waals surface area contributed by atoms with Crippen molar-refractivity contribution in [2.45, 2.75) is 78.1 Å². The zero-order valence-corrected chi connectivity index (χ0v) is 25.0. The SMILES string of the molecule is CCCCN1C(=O)CN(CC(=O)N[C@@H](Cc2cc(F)cc(F)c2)[C@H](O)CNCc2cccc(CC)c2)C(=O)[C@H]1C(C)C. The first-order valence-electron chi connectivity index (χ1n) is 14.8. The molecule has 3 rings (SSSR count). The van der Waals surface area contributed by atoms with Gasteiger partial charge in [0.1, 0.15) is 30.8 Å². The number of hydrogen-bond donors (Lipinski definition) is 3. The maximum Gasteiger partial charge on any atom is 0.246 e. The van der Waals surface area contributed by atoms with Crippen LogP contribution in [0.15, 0.2) is 42.5 Å². The zero-order valence-electron chi connectivity index (χ0n) is 25.0. The molecule has 1 heterocycles. The molecule has 3 amide bonds. The largest absolute Gasteiger partial charge is 0.390 e. The molecule has 3 atom stereocenters. The van der Waals surface area contributed by atoms with Crippen molar-refractivity contribution < 1.29 is 28.3 Å². The van der Waals surface area contributed by atoms with Crippen LogP contribution in [0.2, 0.25) is 0 Å². The Morgan fingerprint density at radius 1 is 1.05 bits per heavy atom. The summed E-state index contributed by atoms with van der Waals surface area (Å²) in [5, 5.41) is 17.0. The molecule has 0 aromatic heterocycles. The van der Waals surface area contributed by atoms with E-state index in [1.807, 2.05) is 39.0 Å². The molecule has 3 N–H and O–H groups in total. The second-order valence-electron chi connectivity index (χ2n) is 11.4. The Morgan fingerprint density at radius 3 is 2.38 bits per heavy atom. The van der Waals surface area contributed by atoms with Crippen molar-refractivity contribution in [1.29, 1.82) is 0 Å². The van der Waals surface area contributed by atoms with E-state index in [-0.39, 0.29) is 49.4 Å². The van der Waals surface area contributed by atoms with Crippen molar-refractivity contribution in [2.75, 3.05) is 26.2 Å². The number of halogens is 2. The van der Waals surface area contributed by atoms with Gasteiger partial charge < -0.3 is 25.5 Å². The Hall–Kier alpha value is -3.37. The molecule has 1 fully saturated rings. The Bertz CT molecular complexity index is 1200. The molecule has 42 heavy (non-hydrogen) atoms. The fourth-order valence-electron chi connectivity index (χ4n) is 5.34. The number of piperazine rings is 1. The molecule has 0 saturated carbocycles. The molecule has 0 radical (unpaired) electrons. The molecule has 8 nitrogen and oxygen atoms in total. The van der Waals surface area contributed by atoms with Crippen molar-refractivity contribution in [3.8, 4) is 0 Å². The number of rotatable bonds is 15. The Morgan fingerprint density at radius 2 is 1.74 bits per heavy atom. The topological polar surface area (TPSA) is 102 Å². The highest BCUT2D eigenvalue weighted by atomic mass is 19.1. The van der Waals surface area contributed by atoms with Gasteiger partial charge in [-0.05, 0) is 54.0 Å². The zero-order chi connectivity index (χ0) is 30.8. The van der Waals surface area contributed by atoms with Gasteiger partial charge >= 0.3 is 0 Å². The van der Waals surface area contributed by atoms with Crippen LogP contribution < -0.4 is 10.6 Å². The molecule has 10 heteroatoms. The van der Waals surface area contributed by atoms with E-state index in [0.29, 0.717) is 13.1 Å². The summed E-state index contributed by atoms with van der Waals surface area (Å²) in [7, 11) is 0. The van der Waals surface area contributed by atoms with E-state index >= 15 is 0 Å². The fraction of sp³-hybridized carbons (Fsp3) is 0.531. The van der Waals surface area contributed by atoms with E-state index in [0.717, 1.165) is 43.0 Å². The van der Waals surface area contributed by atoms with Gasteiger partial charge in [-0.1, -0.05) is 58.4 Å². The number of carbonyl (C=O) groups excluding carboxylic acids is 3. The van der Waals surface area contributed by atoms with Gasteiger partial charge in [-0.3, -0.25) is 14.4 Å². The lowest BCUT2D eigenvalue weighted by Crippen LogP contribution is -2.63. The van der Waals surface area contributed by atoms with Crippen molar-refractivity contribution in [3.05, 3.63) is 70.8 Å². The highest BCUT2D eigenvalue weighted by Crippen LogP contribution is 2.20. The maximum absolute atomic E-state index is 13.9. The van der Waals surface area contributed by atoms with Gasteiger partial charge in [-0.25, -0.2) is 8.78 Å². The summed E-state index contributed by atoms with van der Waals surface area (Å²) in [4.78, 5) is 42.3. The number of aliphatic hydroxyl groups excluding tert-OH is 1. The minimum absolute atomic E-state index is 0.0408. The van der Waals surface area contributed by atoms with Gasteiger partial charge in [0.2, 0.25) is 17.7 Å². The van der Waals surface area contributed by atoms with Crippen LogP contribution in [0.5, 0.6) is 0 Å². The van der Waals surface area contributed by atoms with Crippen molar-refractivity contribution in [3.63, 3.8) is 0 Å². The summed E-state index contributed by atoms with van der Waals surface area (Å²) in [6, 6.07) is 9.54. The molecular weight excluding hydrogens is 542 g/mol. The molecule has 230 valence electrons. The van der Waals surface area contributed by atoms with E-state index in [9.17, 15) is 28.3 Å². The van der Waals surface area contributed by atoms with Crippen LogP contribution >= 0.6 is 0 Å². The van der Waals surface area contributed by atoms with Crippen molar-refractivity contribution in [1.82, 2.24) is 20.4 Å². The van der Waals surface area contributed by atoms with E-state index in [4.69, 9.17) is 0 Å². The molecule has 2 aromatic carbocycles. The van der Waals surface area contributed by atoms with Gasteiger partial charge in [0.25, 0.3) is 0 Å². The summed E-state index contributed by atoms with van der Waals surface area (Å²) < 4.78 is 27.8. The van der Waals surface area contributed by atoms with Gasteiger partial charge in [-0.2, -0.15) is 0 Å². The highest BCUT2D eigenvalue weighted by molar-refractivity contribution is 5.97. The van der Waals surface area contributed by atoms with Crippen LogP contribution in [0.1, 0.15) is 57.2 Å². The summed E-state index contributed by atoms with van der Waals surface area (Å²) in [6.45, 7) is 8.31. The maximum atomic E-state index is 13.9. The second-order valence-corrected chi connectivity index (χ2v) is 11.4. The molecular formula is C32H44F2N4O4. The third-order valence-corrected chi connectivity index (χ3v) is 7.54. The Balaban J connectivity index is 1.70. The number of nitrogens with one attached hydrogen (secondary N) is 2. The van der Waals surface area contributed by atoms with Gasteiger partial charge in [0, 0.05) is 25.7 Å².